The highest BCUT2D eigenvalue weighted by Crippen LogP contribution is 2.54. The predicted octanol–water partition coefficient (Wildman–Crippen LogP) is 3.16. The van der Waals surface area contributed by atoms with Gasteiger partial charge in [-0.15, -0.1) is 23.2 Å². The fourth-order valence-electron chi connectivity index (χ4n) is 2.43. The molecule has 1 aliphatic carbocycles. The van der Waals surface area contributed by atoms with Gasteiger partial charge in [-0.2, -0.15) is 0 Å². The highest BCUT2D eigenvalue weighted by atomic mass is 35.5. The number of hydrogen-bond donors (Lipinski definition) is 0. The Morgan fingerprint density at radius 1 is 1.35 bits per heavy atom. The number of nitrogens with zero attached hydrogens (tertiary/aromatic N) is 1. The van der Waals surface area contributed by atoms with Crippen molar-refractivity contribution >= 4 is 34.8 Å². The second-order valence-corrected chi connectivity index (χ2v) is 6.28. The molecule has 1 heterocycles. The van der Waals surface area contributed by atoms with Crippen molar-refractivity contribution in [1.82, 2.24) is 0 Å². The quantitative estimate of drug-likeness (QED) is 0.718. The molecule has 2 nitrogen and oxygen atoms in total. The zero-order valence-electron chi connectivity index (χ0n) is 9.33. The Bertz CT molecular complexity index is 472. The minimum absolute atomic E-state index is 0.0714. The molecule has 0 spiro atoms. The summed E-state index contributed by atoms with van der Waals surface area (Å²) in [5.74, 6) is -0.154. The van der Waals surface area contributed by atoms with Crippen molar-refractivity contribution in [3.05, 3.63) is 29.8 Å². The first kappa shape index (κ1) is 11.4. The topological polar surface area (TPSA) is 20.3 Å². The second-order valence-electron chi connectivity index (χ2n) is 4.74. The lowest BCUT2D eigenvalue weighted by Gasteiger charge is -2.29. The molecule has 1 aromatic rings. The van der Waals surface area contributed by atoms with Crippen LogP contribution in [0.2, 0.25) is 0 Å². The van der Waals surface area contributed by atoms with E-state index in [-0.39, 0.29) is 11.8 Å². The summed E-state index contributed by atoms with van der Waals surface area (Å²) in [4.78, 5) is 14.1. The Morgan fingerprint density at radius 2 is 2.06 bits per heavy atom. The summed E-state index contributed by atoms with van der Waals surface area (Å²) >= 11 is 11.9. The fraction of sp³-hybridized carbons (Fsp3) is 0.462. The van der Waals surface area contributed by atoms with E-state index in [1.807, 2.05) is 23.1 Å². The van der Waals surface area contributed by atoms with Crippen LogP contribution in [0.25, 0.3) is 0 Å². The molecule has 0 radical (unpaired) electrons. The van der Waals surface area contributed by atoms with E-state index in [0.717, 1.165) is 25.1 Å². The van der Waals surface area contributed by atoms with Gasteiger partial charge in [0.15, 0.2) is 0 Å². The van der Waals surface area contributed by atoms with Gasteiger partial charge in [-0.25, -0.2) is 0 Å². The van der Waals surface area contributed by atoms with Crippen LogP contribution in [0.3, 0.4) is 0 Å². The molecule has 4 heteroatoms. The van der Waals surface area contributed by atoms with Gasteiger partial charge in [-0.3, -0.25) is 4.79 Å². The zero-order valence-corrected chi connectivity index (χ0v) is 10.8. The van der Waals surface area contributed by atoms with Crippen LogP contribution in [-0.4, -0.2) is 16.8 Å². The number of carbonyl (C=O) groups is 1. The normalized spacial score (nSPS) is 25.3. The van der Waals surface area contributed by atoms with E-state index in [4.69, 9.17) is 23.2 Å². The summed E-state index contributed by atoms with van der Waals surface area (Å²) in [7, 11) is 0. The Kier molecular flexibility index (Phi) is 2.60. The van der Waals surface area contributed by atoms with E-state index >= 15 is 0 Å². The molecular formula is C13H13Cl2NO. The number of benzene rings is 1. The lowest BCUT2D eigenvalue weighted by atomic mass is 10.0. The molecule has 1 amide bonds. The van der Waals surface area contributed by atoms with Crippen LogP contribution in [0.1, 0.15) is 18.4 Å². The van der Waals surface area contributed by atoms with Crippen LogP contribution >= 0.6 is 23.2 Å². The maximum absolute atomic E-state index is 12.3. The first-order valence-electron chi connectivity index (χ1n) is 5.87. The van der Waals surface area contributed by atoms with Crippen molar-refractivity contribution in [3.8, 4) is 0 Å². The van der Waals surface area contributed by atoms with Crippen LogP contribution < -0.4 is 4.90 Å². The Labute approximate surface area is 111 Å². The molecule has 90 valence electrons. The van der Waals surface area contributed by atoms with Gasteiger partial charge in [0.05, 0.1) is 5.92 Å². The van der Waals surface area contributed by atoms with E-state index in [1.54, 1.807) is 0 Å². The van der Waals surface area contributed by atoms with Crippen LogP contribution in [0, 0.1) is 5.92 Å². The average Bonchev–Trinajstić information content (AvgIpc) is 2.97. The summed E-state index contributed by atoms with van der Waals surface area (Å²) in [6.07, 6.45) is 2.62. The third-order valence-corrected chi connectivity index (χ3v) is 4.34. The number of alkyl halides is 2. The van der Waals surface area contributed by atoms with Crippen LogP contribution in [0.4, 0.5) is 5.69 Å². The maximum atomic E-state index is 12.3. The number of rotatable bonds is 1. The van der Waals surface area contributed by atoms with Crippen LogP contribution in [0.5, 0.6) is 0 Å². The third kappa shape index (κ3) is 1.94. The lowest BCUT2D eigenvalue weighted by molar-refractivity contribution is -0.119. The number of hydrogen-bond acceptors (Lipinski definition) is 1. The average molecular weight is 270 g/mol. The smallest absolute Gasteiger partial charge is 0.233 e. The van der Waals surface area contributed by atoms with Gasteiger partial charge >= 0.3 is 0 Å². The molecule has 0 N–H and O–H groups in total. The van der Waals surface area contributed by atoms with Crippen molar-refractivity contribution in [1.29, 1.82) is 0 Å². The van der Waals surface area contributed by atoms with Gasteiger partial charge in [0.25, 0.3) is 0 Å². The minimum atomic E-state index is -0.830. The van der Waals surface area contributed by atoms with E-state index in [1.165, 1.54) is 5.56 Å². The fourth-order valence-corrected chi connectivity index (χ4v) is 2.93. The molecule has 1 aromatic carbocycles. The lowest BCUT2D eigenvalue weighted by Crippen LogP contribution is -2.37. The number of amides is 1. The largest absolute Gasteiger partial charge is 0.312 e. The summed E-state index contributed by atoms with van der Waals surface area (Å²) in [5, 5.41) is 0. The predicted molar refractivity (Wildman–Crippen MR) is 69.7 cm³/mol. The molecule has 1 saturated carbocycles. The molecule has 0 saturated heterocycles. The van der Waals surface area contributed by atoms with Crippen molar-refractivity contribution in [2.24, 2.45) is 5.92 Å². The van der Waals surface area contributed by atoms with Gasteiger partial charge in [0.1, 0.15) is 4.33 Å². The molecule has 1 aliphatic heterocycles. The molecule has 0 aromatic heterocycles. The molecule has 0 bridgehead atoms. The van der Waals surface area contributed by atoms with Gasteiger partial charge in [-0.1, -0.05) is 18.2 Å². The van der Waals surface area contributed by atoms with Crippen molar-refractivity contribution in [2.45, 2.75) is 23.6 Å². The van der Waals surface area contributed by atoms with Crippen LogP contribution in [0.15, 0.2) is 24.3 Å². The van der Waals surface area contributed by atoms with Crippen LogP contribution in [-0.2, 0) is 11.2 Å². The molecule has 2 aliphatic rings. The van der Waals surface area contributed by atoms with Gasteiger partial charge in [0.2, 0.25) is 5.91 Å². The summed E-state index contributed by atoms with van der Waals surface area (Å²) in [5.41, 5.74) is 2.27. The first-order valence-corrected chi connectivity index (χ1v) is 6.62. The SMILES string of the molecule is O=C(C1CC1(Cl)Cl)N1CCCc2ccccc21. The number of para-hydroxylation sites is 1. The number of anilines is 1. The van der Waals surface area contributed by atoms with E-state index < -0.39 is 4.33 Å². The number of fused-ring (bicyclic) bond motifs is 1. The number of aryl methyl sites for hydroxylation is 1. The Hall–Kier alpha value is -0.730. The van der Waals surface area contributed by atoms with Gasteiger partial charge in [-0.05, 0) is 30.9 Å². The van der Waals surface area contributed by atoms with Gasteiger partial charge in [0, 0.05) is 12.2 Å². The summed E-state index contributed by atoms with van der Waals surface area (Å²) < 4.78 is -0.830. The Morgan fingerprint density at radius 3 is 2.76 bits per heavy atom. The number of halogens is 2. The van der Waals surface area contributed by atoms with E-state index in [9.17, 15) is 4.79 Å². The highest BCUT2D eigenvalue weighted by molar-refractivity contribution is 6.52. The molecule has 1 atom stereocenters. The number of carbonyl (C=O) groups excluding carboxylic acids is 1. The monoisotopic (exact) mass is 269 g/mol. The van der Waals surface area contributed by atoms with Gasteiger partial charge < -0.3 is 4.90 Å². The summed E-state index contributed by atoms with van der Waals surface area (Å²) in [6, 6.07) is 8.05. The highest BCUT2D eigenvalue weighted by Gasteiger charge is 2.57. The molecular weight excluding hydrogens is 257 g/mol. The minimum Gasteiger partial charge on any atom is -0.312 e. The van der Waals surface area contributed by atoms with Crippen molar-refractivity contribution in [2.75, 3.05) is 11.4 Å². The van der Waals surface area contributed by atoms with Crippen molar-refractivity contribution in [3.63, 3.8) is 0 Å². The molecule has 1 fully saturated rings. The second kappa shape index (κ2) is 3.89. The zero-order chi connectivity index (χ0) is 12.0. The standard InChI is InChI=1S/C13H13Cl2NO/c14-13(15)8-10(13)12(17)16-7-3-5-9-4-1-2-6-11(9)16/h1-2,4,6,10H,3,5,7-8H2. The maximum Gasteiger partial charge on any atom is 0.233 e. The Balaban J connectivity index is 1.88. The summed E-state index contributed by atoms with van der Waals surface area (Å²) in [6.45, 7) is 0.774. The van der Waals surface area contributed by atoms with E-state index in [0.29, 0.717) is 6.42 Å². The van der Waals surface area contributed by atoms with E-state index in [2.05, 4.69) is 6.07 Å². The molecule has 3 rings (SSSR count). The molecule has 17 heavy (non-hydrogen) atoms. The first-order chi connectivity index (χ1) is 8.09. The third-order valence-electron chi connectivity index (χ3n) is 3.50. The molecule has 1 unspecified atom stereocenters. The van der Waals surface area contributed by atoms with Crippen molar-refractivity contribution < 1.29 is 4.79 Å².